The Kier molecular flexibility index (Phi) is 6.65. The molecule has 4 fully saturated rings. The van der Waals surface area contributed by atoms with E-state index >= 15 is 0 Å². The van der Waals surface area contributed by atoms with Crippen LogP contribution in [0.25, 0.3) is 0 Å². The van der Waals surface area contributed by atoms with Crippen molar-refractivity contribution in [3.8, 4) is 0 Å². The molecule has 6 atom stereocenters. The molecule has 23 heavy (non-hydrogen) atoms. The molecule has 2 N–H and O–H groups in total. The predicted molar refractivity (Wildman–Crippen MR) is 97.2 cm³/mol. The van der Waals surface area contributed by atoms with Gasteiger partial charge in [0.1, 0.15) is 0 Å². The van der Waals surface area contributed by atoms with Gasteiger partial charge in [0.25, 0.3) is 0 Å². The van der Waals surface area contributed by atoms with Crippen LogP contribution in [0.2, 0.25) is 0 Å². The Morgan fingerprint density at radius 3 is 2.57 bits per heavy atom. The number of hydrogen-bond donors (Lipinski definition) is 2. The molecule has 0 spiro atoms. The molecule has 3 aliphatic carbocycles. The van der Waals surface area contributed by atoms with Crippen molar-refractivity contribution in [3.05, 3.63) is 0 Å². The van der Waals surface area contributed by atoms with E-state index in [9.17, 15) is 0 Å². The van der Waals surface area contributed by atoms with Crippen molar-refractivity contribution < 1.29 is 4.74 Å². The number of nitrogens with one attached hydrogen (secondary N) is 2. The first-order valence-corrected chi connectivity index (χ1v) is 9.97. The van der Waals surface area contributed by atoms with Crippen molar-refractivity contribution in [2.45, 2.75) is 82.3 Å². The van der Waals surface area contributed by atoms with Gasteiger partial charge < -0.3 is 15.4 Å². The van der Waals surface area contributed by atoms with E-state index in [4.69, 9.17) is 4.74 Å². The van der Waals surface area contributed by atoms with Crippen LogP contribution in [0.15, 0.2) is 0 Å². The molecule has 4 aliphatic rings. The molecule has 1 aliphatic heterocycles. The summed E-state index contributed by atoms with van der Waals surface area (Å²) in [5, 5.41) is 7.81. The quantitative estimate of drug-likeness (QED) is 0.823. The monoisotopic (exact) mass is 342 g/mol. The lowest BCUT2D eigenvalue weighted by atomic mass is 9.69. The number of rotatable bonds is 3. The van der Waals surface area contributed by atoms with Crippen molar-refractivity contribution in [2.75, 3.05) is 19.8 Å². The minimum Gasteiger partial charge on any atom is -0.379 e. The smallest absolute Gasteiger partial charge is 0.0623 e. The van der Waals surface area contributed by atoms with Gasteiger partial charge in [-0.3, -0.25) is 0 Å². The summed E-state index contributed by atoms with van der Waals surface area (Å²) >= 11 is 0. The van der Waals surface area contributed by atoms with Crippen molar-refractivity contribution in [1.82, 2.24) is 10.6 Å². The first-order chi connectivity index (χ1) is 10.9. The van der Waals surface area contributed by atoms with E-state index in [0.717, 1.165) is 49.6 Å². The SMILES string of the molecule is C1CCC2CC(NC3CCCC3C3COCCN3)CCC2C1.Cl. The number of morpholine rings is 1. The third-order valence-electron chi connectivity index (χ3n) is 7.03. The van der Waals surface area contributed by atoms with Gasteiger partial charge in [0.2, 0.25) is 0 Å². The fraction of sp³-hybridized carbons (Fsp3) is 1.00. The Hall–Kier alpha value is 0.170. The van der Waals surface area contributed by atoms with Gasteiger partial charge in [-0.25, -0.2) is 0 Å². The van der Waals surface area contributed by atoms with Crippen LogP contribution in [0.1, 0.15) is 64.2 Å². The molecule has 0 aromatic rings. The van der Waals surface area contributed by atoms with Crippen LogP contribution in [-0.2, 0) is 4.74 Å². The Bertz CT molecular complexity index is 361. The van der Waals surface area contributed by atoms with E-state index < -0.39 is 0 Å². The fourth-order valence-electron chi connectivity index (χ4n) is 5.87. The number of ether oxygens (including phenoxy) is 1. The zero-order valence-electron chi connectivity index (χ0n) is 14.5. The zero-order valence-corrected chi connectivity index (χ0v) is 15.3. The average molecular weight is 343 g/mol. The predicted octanol–water partition coefficient (Wildman–Crippen LogP) is 3.51. The minimum absolute atomic E-state index is 0. The average Bonchev–Trinajstić information content (AvgIpc) is 3.04. The molecule has 1 heterocycles. The van der Waals surface area contributed by atoms with Gasteiger partial charge in [0.05, 0.1) is 13.2 Å². The molecule has 3 nitrogen and oxygen atoms in total. The van der Waals surface area contributed by atoms with Gasteiger partial charge in [0, 0.05) is 24.7 Å². The lowest BCUT2D eigenvalue weighted by Gasteiger charge is -2.42. The van der Waals surface area contributed by atoms with Crippen molar-refractivity contribution in [2.24, 2.45) is 17.8 Å². The first-order valence-electron chi connectivity index (χ1n) is 9.97. The summed E-state index contributed by atoms with van der Waals surface area (Å²) in [6.07, 6.45) is 14.6. The summed E-state index contributed by atoms with van der Waals surface area (Å²) in [6.45, 7) is 2.87. The summed E-state index contributed by atoms with van der Waals surface area (Å²) in [6, 6.07) is 2.14. The Labute approximate surface area is 148 Å². The molecule has 4 rings (SSSR count). The Balaban J connectivity index is 0.00000156. The molecule has 3 saturated carbocycles. The summed E-state index contributed by atoms with van der Waals surface area (Å²) < 4.78 is 5.71. The fourth-order valence-corrected chi connectivity index (χ4v) is 5.87. The molecule has 1 saturated heterocycles. The number of hydrogen-bond acceptors (Lipinski definition) is 3. The molecule has 0 bridgehead atoms. The van der Waals surface area contributed by atoms with E-state index in [2.05, 4.69) is 10.6 Å². The molecule has 0 amide bonds. The van der Waals surface area contributed by atoms with Crippen molar-refractivity contribution in [1.29, 1.82) is 0 Å². The first kappa shape index (κ1) is 18.0. The molecular weight excluding hydrogens is 308 g/mol. The van der Waals surface area contributed by atoms with Crippen LogP contribution in [0.3, 0.4) is 0 Å². The zero-order chi connectivity index (χ0) is 14.8. The van der Waals surface area contributed by atoms with Gasteiger partial charge in [-0.05, 0) is 49.9 Å². The van der Waals surface area contributed by atoms with E-state index in [-0.39, 0.29) is 12.4 Å². The van der Waals surface area contributed by atoms with E-state index in [1.54, 1.807) is 0 Å². The third-order valence-corrected chi connectivity index (χ3v) is 7.03. The van der Waals surface area contributed by atoms with E-state index in [0.29, 0.717) is 6.04 Å². The molecule has 0 radical (unpaired) electrons. The molecule has 134 valence electrons. The van der Waals surface area contributed by atoms with Crippen LogP contribution in [0.4, 0.5) is 0 Å². The molecule has 4 heteroatoms. The van der Waals surface area contributed by atoms with Gasteiger partial charge >= 0.3 is 0 Å². The summed E-state index contributed by atoms with van der Waals surface area (Å²) in [4.78, 5) is 0. The molecular formula is C19H35ClN2O. The Morgan fingerprint density at radius 1 is 0.870 bits per heavy atom. The van der Waals surface area contributed by atoms with Crippen LogP contribution in [-0.4, -0.2) is 37.9 Å². The largest absolute Gasteiger partial charge is 0.379 e. The maximum atomic E-state index is 5.71. The van der Waals surface area contributed by atoms with Crippen molar-refractivity contribution >= 4 is 12.4 Å². The van der Waals surface area contributed by atoms with Crippen LogP contribution in [0.5, 0.6) is 0 Å². The van der Waals surface area contributed by atoms with Gasteiger partial charge in [-0.2, -0.15) is 0 Å². The second kappa shape index (κ2) is 8.51. The highest BCUT2D eigenvalue weighted by Crippen LogP contribution is 2.41. The standard InChI is InChI=1S/C19H34N2O.ClH/c1-2-5-15-12-16(9-8-14(15)4-1)21-18-7-3-6-17(18)19-13-22-11-10-20-19;/h14-21H,1-13H2;1H. The summed E-state index contributed by atoms with van der Waals surface area (Å²) in [5.41, 5.74) is 0. The van der Waals surface area contributed by atoms with Gasteiger partial charge in [0.15, 0.2) is 0 Å². The minimum atomic E-state index is 0. The lowest BCUT2D eigenvalue weighted by molar-refractivity contribution is 0.0496. The maximum Gasteiger partial charge on any atom is 0.0623 e. The third kappa shape index (κ3) is 4.23. The summed E-state index contributed by atoms with van der Waals surface area (Å²) in [5.74, 6) is 2.90. The highest BCUT2D eigenvalue weighted by molar-refractivity contribution is 5.85. The topological polar surface area (TPSA) is 33.3 Å². The van der Waals surface area contributed by atoms with Crippen molar-refractivity contribution in [3.63, 3.8) is 0 Å². The highest BCUT2D eigenvalue weighted by Gasteiger charge is 2.38. The van der Waals surface area contributed by atoms with E-state index in [1.165, 1.54) is 64.2 Å². The molecule has 0 aromatic heterocycles. The van der Waals surface area contributed by atoms with Crippen LogP contribution < -0.4 is 10.6 Å². The Morgan fingerprint density at radius 2 is 1.74 bits per heavy atom. The summed E-state index contributed by atoms with van der Waals surface area (Å²) in [7, 11) is 0. The van der Waals surface area contributed by atoms with Crippen LogP contribution >= 0.6 is 12.4 Å². The highest BCUT2D eigenvalue weighted by atomic mass is 35.5. The number of halogens is 1. The molecule has 6 unspecified atom stereocenters. The second-order valence-corrected chi connectivity index (χ2v) is 8.32. The second-order valence-electron chi connectivity index (χ2n) is 8.32. The van der Waals surface area contributed by atoms with Gasteiger partial charge in [-0.15, -0.1) is 12.4 Å². The maximum absolute atomic E-state index is 5.71. The lowest BCUT2D eigenvalue weighted by Crippen LogP contribution is -2.53. The number of fused-ring (bicyclic) bond motifs is 1. The molecule has 0 aromatic carbocycles. The van der Waals surface area contributed by atoms with Gasteiger partial charge in [-0.1, -0.05) is 32.1 Å². The normalized spacial score (nSPS) is 44.3. The van der Waals surface area contributed by atoms with Crippen LogP contribution in [0, 0.1) is 17.8 Å². The van der Waals surface area contributed by atoms with E-state index in [1.807, 2.05) is 0 Å².